The van der Waals surface area contributed by atoms with Crippen molar-refractivity contribution in [3.63, 3.8) is 0 Å². The summed E-state index contributed by atoms with van der Waals surface area (Å²) in [6.45, 7) is 0. The van der Waals surface area contributed by atoms with Gasteiger partial charge in [-0.15, -0.1) is 0 Å². The molecule has 0 aromatic carbocycles. The van der Waals surface area contributed by atoms with Crippen LogP contribution in [0.4, 0.5) is 0 Å². The van der Waals surface area contributed by atoms with E-state index in [1.807, 2.05) is 54.6 Å². The van der Waals surface area contributed by atoms with Gasteiger partial charge >= 0.3 is 0 Å². The second-order valence-electron chi connectivity index (χ2n) is 4.95. The molecule has 23 heavy (non-hydrogen) atoms. The van der Waals surface area contributed by atoms with Gasteiger partial charge in [0, 0.05) is 18.6 Å². The first-order valence-electron chi connectivity index (χ1n) is 7.26. The van der Waals surface area contributed by atoms with Crippen molar-refractivity contribution in [1.82, 2.24) is 24.9 Å². The van der Waals surface area contributed by atoms with E-state index in [2.05, 4.69) is 19.9 Å². The van der Waals surface area contributed by atoms with E-state index in [0.29, 0.717) is 5.82 Å². The van der Waals surface area contributed by atoms with Crippen LogP contribution in [0.1, 0.15) is 0 Å². The number of rotatable bonds is 3. The summed E-state index contributed by atoms with van der Waals surface area (Å²) in [5.74, 6) is 0.701. The molecule has 0 amide bonds. The van der Waals surface area contributed by atoms with E-state index in [4.69, 9.17) is 4.98 Å². The highest BCUT2D eigenvalue weighted by atomic mass is 15.0. The summed E-state index contributed by atoms with van der Waals surface area (Å²) in [6.07, 6.45) is 5.27. The molecule has 5 heteroatoms. The van der Waals surface area contributed by atoms with Crippen LogP contribution in [0.3, 0.4) is 0 Å². The average Bonchev–Trinajstić information content (AvgIpc) is 3.09. The summed E-state index contributed by atoms with van der Waals surface area (Å²) in [5.41, 5.74) is 4.01. The summed E-state index contributed by atoms with van der Waals surface area (Å²) in [7, 11) is 0. The number of hydrogen-bond donors (Lipinski definition) is 1. The number of nitrogens with one attached hydrogen (secondary N) is 1. The van der Waals surface area contributed by atoms with Gasteiger partial charge in [-0.3, -0.25) is 15.0 Å². The molecule has 0 atom stereocenters. The molecule has 0 saturated heterocycles. The van der Waals surface area contributed by atoms with Gasteiger partial charge < -0.3 is 4.98 Å². The Kier molecular flexibility index (Phi) is 3.37. The van der Waals surface area contributed by atoms with Crippen LogP contribution in [0, 0.1) is 0 Å². The molecule has 0 bridgehead atoms. The van der Waals surface area contributed by atoms with Crippen molar-refractivity contribution in [3.8, 4) is 34.3 Å². The minimum atomic E-state index is 0.701. The fraction of sp³-hybridized carbons (Fsp3) is 0. The standard InChI is InChI=1S/C18H13N5/c1-4-10-19-13(7-1)16-17(14-8-2-5-11-20-14)23-18(22-16)15-9-3-6-12-21-15/h1-12H,(H,22,23). The number of aromatic amines is 1. The fourth-order valence-corrected chi connectivity index (χ4v) is 2.38. The first-order valence-corrected chi connectivity index (χ1v) is 7.26. The Hall–Kier alpha value is -3.34. The zero-order chi connectivity index (χ0) is 15.5. The summed E-state index contributed by atoms with van der Waals surface area (Å²) in [5, 5.41) is 0. The van der Waals surface area contributed by atoms with Crippen LogP contribution in [0.25, 0.3) is 34.3 Å². The Labute approximate surface area is 133 Å². The minimum Gasteiger partial charge on any atom is -0.335 e. The molecule has 4 heterocycles. The highest BCUT2D eigenvalue weighted by molar-refractivity contribution is 5.77. The molecular weight excluding hydrogens is 286 g/mol. The van der Waals surface area contributed by atoms with Crippen molar-refractivity contribution in [2.75, 3.05) is 0 Å². The van der Waals surface area contributed by atoms with Crippen LogP contribution >= 0.6 is 0 Å². The Morgan fingerprint density at radius 1 is 0.609 bits per heavy atom. The lowest BCUT2D eigenvalue weighted by Crippen LogP contribution is -1.88. The van der Waals surface area contributed by atoms with Gasteiger partial charge in [0.05, 0.1) is 17.1 Å². The smallest absolute Gasteiger partial charge is 0.157 e. The van der Waals surface area contributed by atoms with Crippen LogP contribution in [-0.4, -0.2) is 24.9 Å². The maximum Gasteiger partial charge on any atom is 0.157 e. The van der Waals surface area contributed by atoms with Gasteiger partial charge in [-0.1, -0.05) is 18.2 Å². The second-order valence-corrected chi connectivity index (χ2v) is 4.95. The summed E-state index contributed by atoms with van der Waals surface area (Å²) < 4.78 is 0. The lowest BCUT2D eigenvalue weighted by Gasteiger charge is -2.00. The predicted octanol–water partition coefficient (Wildman–Crippen LogP) is 3.60. The summed E-state index contributed by atoms with van der Waals surface area (Å²) in [4.78, 5) is 21.2. The maximum absolute atomic E-state index is 4.71. The van der Waals surface area contributed by atoms with Gasteiger partial charge in [0.25, 0.3) is 0 Å². The first kappa shape index (κ1) is 13.3. The predicted molar refractivity (Wildman–Crippen MR) is 88.3 cm³/mol. The van der Waals surface area contributed by atoms with Crippen LogP contribution < -0.4 is 0 Å². The fourth-order valence-electron chi connectivity index (χ4n) is 2.38. The zero-order valence-electron chi connectivity index (χ0n) is 12.2. The lowest BCUT2D eigenvalue weighted by molar-refractivity contribution is 1.21. The number of pyridine rings is 3. The van der Waals surface area contributed by atoms with Gasteiger partial charge in [-0.05, 0) is 36.4 Å². The highest BCUT2D eigenvalue weighted by Crippen LogP contribution is 2.30. The summed E-state index contributed by atoms with van der Waals surface area (Å²) >= 11 is 0. The molecule has 0 aliphatic heterocycles. The number of hydrogen-bond acceptors (Lipinski definition) is 4. The average molecular weight is 299 g/mol. The molecular formula is C18H13N5. The quantitative estimate of drug-likeness (QED) is 0.627. The molecule has 0 radical (unpaired) electrons. The van der Waals surface area contributed by atoms with Crippen LogP contribution in [-0.2, 0) is 0 Å². The third-order valence-electron chi connectivity index (χ3n) is 3.44. The zero-order valence-corrected chi connectivity index (χ0v) is 12.2. The Morgan fingerprint density at radius 2 is 1.17 bits per heavy atom. The minimum absolute atomic E-state index is 0.701. The normalized spacial score (nSPS) is 10.6. The van der Waals surface area contributed by atoms with Gasteiger partial charge in [0.15, 0.2) is 5.82 Å². The molecule has 0 spiro atoms. The van der Waals surface area contributed by atoms with E-state index in [9.17, 15) is 0 Å². The third kappa shape index (κ3) is 2.60. The highest BCUT2D eigenvalue weighted by Gasteiger charge is 2.17. The van der Waals surface area contributed by atoms with E-state index in [0.717, 1.165) is 28.5 Å². The number of imidazole rings is 1. The van der Waals surface area contributed by atoms with E-state index in [-0.39, 0.29) is 0 Å². The lowest BCUT2D eigenvalue weighted by atomic mass is 10.2. The van der Waals surface area contributed by atoms with Crippen LogP contribution in [0.2, 0.25) is 0 Å². The first-order chi connectivity index (χ1) is 11.4. The third-order valence-corrected chi connectivity index (χ3v) is 3.44. The molecule has 110 valence electrons. The Morgan fingerprint density at radius 3 is 1.74 bits per heavy atom. The van der Waals surface area contributed by atoms with Gasteiger partial charge in [-0.2, -0.15) is 0 Å². The van der Waals surface area contributed by atoms with Crippen LogP contribution in [0.15, 0.2) is 73.2 Å². The van der Waals surface area contributed by atoms with Crippen molar-refractivity contribution in [2.45, 2.75) is 0 Å². The molecule has 0 unspecified atom stereocenters. The van der Waals surface area contributed by atoms with Gasteiger partial charge in [0.2, 0.25) is 0 Å². The van der Waals surface area contributed by atoms with Crippen molar-refractivity contribution < 1.29 is 0 Å². The number of nitrogens with zero attached hydrogens (tertiary/aromatic N) is 4. The molecule has 4 aromatic rings. The Bertz CT molecular complexity index is 845. The molecule has 5 nitrogen and oxygen atoms in total. The van der Waals surface area contributed by atoms with Crippen molar-refractivity contribution in [3.05, 3.63) is 73.2 Å². The van der Waals surface area contributed by atoms with E-state index >= 15 is 0 Å². The molecule has 0 saturated carbocycles. The maximum atomic E-state index is 4.71. The number of H-pyrrole nitrogens is 1. The van der Waals surface area contributed by atoms with Crippen molar-refractivity contribution >= 4 is 0 Å². The van der Waals surface area contributed by atoms with Crippen LogP contribution in [0.5, 0.6) is 0 Å². The molecule has 0 aliphatic rings. The Balaban J connectivity index is 1.91. The molecule has 0 aliphatic carbocycles. The van der Waals surface area contributed by atoms with Gasteiger partial charge in [0.1, 0.15) is 11.4 Å². The molecule has 4 aromatic heterocycles. The van der Waals surface area contributed by atoms with Crippen molar-refractivity contribution in [2.24, 2.45) is 0 Å². The molecule has 4 rings (SSSR count). The SMILES string of the molecule is c1ccc(-c2nc(-c3ccccn3)c(-c3ccccn3)[nH]2)nc1. The van der Waals surface area contributed by atoms with E-state index < -0.39 is 0 Å². The van der Waals surface area contributed by atoms with Gasteiger partial charge in [-0.25, -0.2) is 4.98 Å². The largest absolute Gasteiger partial charge is 0.335 e. The molecule has 1 N–H and O–H groups in total. The topological polar surface area (TPSA) is 67.3 Å². The number of aromatic nitrogens is 5. The molecule has 0 fully saturated rings. The van der Waals surface area contributed by atoms with Crippen molar-refractivity contribution in [1.29, 1.82) is 0 Å². The second kappa shape index (κ2) is 5.81. The monoisotopic (exact) mass is 299 g/mol. The summed E-state index contributed by atoms with van der Waals surface area (Å²) in [6, 6.07) is 17.3. The van der Waals surface area contributed by atoms with E-state index in [1.165, 1.54) is 0 Å². The van der Waals surface area contributed by atoms with E-state index in [1.54, 1.807) is 18.6 Å².